The van der Waals surface area contributed by atoms with Crippen molar-refractivity contribution >= 4 is 5.91 Å². The fraction of sp³-hybridized carbons (Fsp3) is 0.500. The van der Waals surface area contributed by atoms with Crippen LogP contribution in [0.4, 0.5) is 0 Å². The lowest BCUT2D eigenvalue weighted by molar-refractivity contribution is 0.0458. The van der Waals surface area contributed by atoms with Crippen molar-refractivity contribution in [3.63, 3.8) is 0 Å². The Kier molecular flexibility index (Phi) is 5.23. The van der Waals surface area contributed by atoms with Gasteiger partial charge in [-0.25, -0.2) is 0 Å². The maximum atomic E-state index is 12.7. The fourth-order valence-corrected chi connectivity index (χ4v) is 3.63. The van der Waals surface area contributed by atoms with Crippen molar-refractivity contribution in [1.29, 1.82) is 0 Å². The number of rotatable bonds is 4. The second-order valence-corrected chi connectivity index (χ2v) is 7.22. The third kappa shape index (κ3) is 3.76. The van der Waals surface area contributed by atoms with E-state index in [-0.39, 0.29) is 11.8 Å². The first-order chi connectivity index (χ1) is 12.0. The van der Waals surface area contributed by atoms with Crippen molar-refractivity contribution in [2.24, 2.45) is 13.0 Å². The summed E-state index contributed by atoms with van der Waals surface area (Å²) in [6, 6.07) is 11.7. The Morgan fingerprint density at radius 2 is 1.84 bits per heavy atom. The van der Waals surface area contributed by atoms with E-state index in [1.807, 2.05) is 48.3 Å². The van der Waals surface area contributed by atoms with Gasteiger partial charge < -0.3 is 10.0 Å². The van der Waals surface area contributed by atoms with Crippen LogP contribution in [0.3, 0.4) is 0 Å². The van der Waals surface area contributed by atoms with E-state index in [0.29, 0.717) is 24.7 Å². The number of hydrogen-bond donors (Lipinski definition) is 1. The molecule has 1 unspecified atom stereocenters. The quantitative estimate of drug-likeness (QED) is 0.929. The van der Waals surface area contributed by atoms with Crippen LogP contribution in [0.15, 0.2) is 36.4 Å². The minimum Gasteiger partial charge on any atom is -0.388 e. The van der Waals surface area contributed by atoms with Crippen LogP contribution in [0.2, 0.25) is 0 Å². The molecule has 0 saturated carbocycles. The number of aliphatic hydroxyl groups is 1. The highest BCUT2D eigenvalue weighted by Gasteiger charge is 2.29. The van der Waals surface area contributed by atoms with Crippen LogP contribution in [-0.2, 0) is 7.05 Å². The lowest BCUT2D eigenvalue weighted by Gasteiger charge is -2.34. The van der Waals surface area contributed by atoms with Crippen molar-refractivity contribution in [3.8, 4) is 0 Å². The number of benzene rings is 1. The van der Waals surface area contributed by atoms with E-state index < -0.39 is 6.10 Å². The van der Waals surface area contributed by atoms with Crippen LogP contribution < -0.4 is 0 Å². The Balaban J connectivity index is 1.62. The average Bonchev–Trinajstić information content (AvgIpc) is 3.03. The number of amides is 1. The highest BCUT2D eigenvalue weighted by molar-refractivity contribution is 5.92. The van der Waals surface area contributed by atoms with Crippen LogP contribution in [0, 0.1) is 5.92 Å². The predicted molar refractivity (Wildman–Crippen MR) is 97.3 cm³/mol. The van der Waals surface area contributed by atoms with Crippen molar-refractivity contribution in [3.05, 3.63) is 53.3 Å². The van der Waals surface area contributed by atoms with Gasteiger partial charge in [-0.05, 0) is 36.3 Å². The third-order valence-electron chi connectivity index (χ3n) is 5.14. The van der Waals surface area contributed by atoms with E-state index >= 15 is 0 Å². The summed E-state index contributed by atoms with van der Waals surface area (Å²) in [4.78, 5) is 14.6. The van der Waals surface area contributed by atoms with Crippen molar-refractivity contribution in [2.45, 2.75) is 38.7 Å². The molecule has 1 aromatic carbocycles. The van der Waals surface area contributed by atoms with Gasteiger partial charge in [0.05, 0.1) is 6.10 Å². The van der Waals surface area contributed by atoms with Gasteiger partial charge in [-0.2, -0.15) is 5.10 Å². The van der Waals surface area contributed by atoms with Gasteiger partial charge in [0.15, 0.2) is 5.69 Å². The molecule has 1 aliphatic rings. The number of likely N-dealkylation sites (tertiary alicyclic amines) is 1. The highest BCUT2D eigenvalue weighted by atomic mass is 16.3. The molecule has 5 nitrogen and oxygen atoms in total. The van der Waals surface area contributed by atoms with Crippen molar-refractivity contribution < 1.29 is 9.90 Å². The van der Waals surface area contributed by atoms with E-state index in [1.54, 1.807) is 4.68 Å². The second kappa shape index (κ2) is 7.40. The molecule has 0 bridgehead atoms. The van der Waals surface area contributed by atoms with Crippen LogP contribution in [0.5, 0.6) is 0 Å². The topological polar surface area (TPSA) is 58.4 Å². The zero-order chi connectivity index (χ0) is 18.0. The number of piperidine rings is 1. The van der Waals surface area contributed by atoms with Gasteiger partial charge in [-0.15, -0.1) is 0 Å². The molecule has 5 heteroatoms. The molecular formula is C20H27N3O2. The molecule has 1 aromatic heterocycles. The minimum absolute atomic E-state index is 0.00449. The first-order valence-electron chi connectivity index (χ1n) is 9.03. The molecular weight excluding hydrogens is 314 g/mol. The second-order valence-electron chi connectivity index (χ2n) is 7.22. The molecule has 3 rings (SSSR count). The number of carbonyl (C=O) groups excluding carboxylic acids is 1. The molecule has 134 valence electrons. The summed E-state index contributed by atoms with van der Waals surface area (Å²) in [6.45, 7) is 5.53. The SMILES string of the molecule is CC(C)c1cc(C(=O)N2CCC(C(O)c3ccccc3)CC2)nn1C. The number of nitrogens with zero attached hydrogens (tertiary/aromatic N) is 3. The van der Waals surface area contributed by atoms with Gasteiger partial charge in [-0.1, -0.05) is 44.2 Å². The van der Waals surface area contributed by atoms with Gasteiger partial charge in [0.2, 0.25) is 0 Å². The number of aryl methyl sites for hydroxylation is 1. The summed E-state index contributed by atoms with van der Waals surface area (Å²) in [6.07, 6.45) is 1.16. The van der Waals surface area contributed by atoms with Gasteiger partial charge >= 0.3 is 0 Å². The Hall–Kier alpha value is -2.14. The zero-order valence-corrected chi connectivity index (χ0v) is 15.2. The first-order valence-corrected chi connectivity index (χ1v) is 9.03. The molecule has 1 saturated heterocycles. The monoisotopic (exact) mass is 341 g/mol. The van der Waals surface area contributed by atoms with Gasteiger partial charge in [0, 0.05) is 25.8 Å². The van der Waals surface area contributed by atoms with Crippen LogP contribution in [0.1, 0.15) is 60.5 Å². The van der Waals surface area contributed by atoms with Gasteiger partial charge in [-0.3, -0.25) is 9.48 Å². The summed E-state index contributed by atoms with van der Waals surface area (Å²) in [7, 11) is 1.88. The maximum Gasteiger partial charge on any atom is 0.274 e. The van der Waals surface area contributed by atoms with E-state index in [1.165, 1.54) is 0 Å². The van der Waals surface area contributed by atoms with Gasteiger partial charge in [0.1, 0.15) is 0 Å². The largest absolute Gasteiger partial charge is 0.388 e. The summed E-state index contributed by atoms with van der Waals surface area (Å²) in [5.41, 5.74) is 2.55. The Morgan fingerprint density at radius 1 is 1.20 bits per heavy atom. The smallest absolute Gasteiger partial charge is 0.274 e. The summed E-state index contributed by atoms with van der Waals surface area (Å²) < 4.78 is 1.80. The number of aromatic nitrogens is 2. The number of hydrogen-bond acceptors (Lipinski definition) is 3. The predicted octanol–water partition coefficient (Wildman–Crippen LogP) is 3.13. The maximum absolute atomic E-state index is 12.7. The normalized spacial score (nSPS) is 17.1. The highest BCUT2D eigenvalue weighted by Crippen LogP contribution is 2.31. The molecule has 1 fully saturated rings. The minimum atomic E-state index is -0.458. The Morgan fingerprint density at radius 3 is 2.40 bits per heavy atom. The average molecular weight is 341 g/mol. The number of aliphatic hydroxyl groups excluding tert-OH is 1. The summed E-state index contributed by atoms with van der Waals surface area (Å²) >= 11 is 0. The fourth-order valence-electron chi connectivity index (χ4n) is 3.63. The van der Waals surface area contributed by atoms with Crippen molar-refractivity contribution in [1.82, 2.24) is 14.7 Å². The molecule has 2 aromatic rings. The van der Waals surface area contributed by atoms with Crippen LogP contribution in [-0.4, -0.2) is 38.8 Å². The molecule has 1 amide bonds. The summed E-state index contributed by atoms with van der Waals surface area (Å²) in [5.74, 6) is 0.530. The molecule has 25 heavy (non-hydrogen) atoms. The molecule has 1 atom stereocenters. The molecule has 1 N–H and O–H groups in total. The van der Waals surface area contributed by atoms with Crippen molar-refractivity contribution in [2.75, 3.05) is 13.1 Å². The van der Waals surface area contributed by atoms with Gasteiger partial charge in [0.25, 0.3) is 5.91 Å². The molecule has 0 aliphatic carbocycles. The van der Waals surface area contributed by atoms with E-state index in [0.717, 1.165) is 24.1 Å². The summed E-state index contributed by atoms with van der Waals surface area (Å²) in [5, 5.41) is 15.0. The standard InChI is InChI=1S/C20H27N3O2/c1-14(2)18-13-17(21-22(18)3)20(25)23-11-9-16(10-12-23)19(24)15-7-5-4-6-8-15/h4-8,13-14,16,19,24H,9-12H2,1-3H3. The molecule has 0 spiro atoms. The molecule has 0 radical (unpaired) electrons. The Labute approximate surface area is 149 Å². The zero-order valence-electron chi connectivity index (χ0n) is 15.2. The lowest BCUT2D eigenvalue weighted by atomic mass is 9.87. The molecule has 2 heterocycles. The first kappa shape index (κ1) is 17.7. The Bertz CT molecular complexity index is 716. The molecule has 1 aliphatic heterocycles. The van der Waals surface area contributed by atoms with E-state index in [2.05, 4.69) is 18.9 Å². The number of carbonyl (C=O) groups is 1. The van der Waals surface area contributed by atoms with E-state index in [9.17, 15) is 9.90 Å². The third-order valence-corrected chi connectivity index (χ3v) is 5.14. The van der Waals surface area contributed by atoms with Crippen LogP contribution in [0.25, 0.3) is 0 Å². The van der Waals surface area contributed by atoms with Crippen LogP contribution >= 0.6 is 0 Å². The van der Waals surface area contributed by atoms with E-state index in [4.69, 9.17) is 0 Å². The lowest BCUT2D eigenvalue weighted by Crippen LogP contribution is -2.40.